The van der Waals surface area contributed by atoms with Crippen LogP contribution >= 0.6 is 0 Å². The Morgan fingerprint density at radius 1 is 0.667 bits per heavy atom. The van der Waals surface area contributed by atoms with Gasteiger partial charge in [0.25, 0.3) is 0 Å². The summed E-state index contributed by atoms with van der Waals surface area (Å²) in [6, 6.07) is 19.5. The first-order valence-electron chi connectivity index (χ1n) is 9.33. The van der Waals surface area contributed by atoms with Gasteiger partial charge in [-0.3, -0.25) is 0 Å². The molecule has 0 atom stereocenters. The predicted molar refractivity (Wildman–Crippen MR) is 120 cm³/mol. The molecule has 0 spiro atoms. The molecule has 0 saturated carbocycles. The smallest absolute Gasteiger partial charge is 0.0818 e. The summed E-state index contributed by atoms with van der Waals surface area (Å²) in [6.07, 6.45) is 0. The molecule has 0 aliphatic heterocycles. The topological polar surface area (TPSA) is 12.4 Å². The molecule has 0 aliphatic carbocycles. The van der Waals surface area contributed by atoms with Crippen molar-refractivity contribution in [1.82, 2.24) is 0 Å². The highest BCUT2D eigenvalue weighted by atomic mass is 32.1. The molecular weight excluding hydrogens is 346 g/mol. The summed E-state index contributed by atoms with van der Waals surface area (Å²) < 4.78 is 4.98. The van der Waals surface area contributed by atoms with E-state index in [9.17, 15) is 0 Å². The number of hydrogen-bond acceptors (Lipinski definition) is 1. The molecule has 0 saturated heterocycles. The zero-order chi connectivity index (χ0) is 19.6. The first-order valence-corrected chi connectivity index (χ1v) is 10.1. The van der Waals surface area contributed by atoms with E-state index in [1.807, 2.05) is 0 Å². The molecule has 0 N–H and O–H groups in total. The fourth-order valence-corrected chi connectivity index (χ4v) is 4.90. The van der Waals surface area contributed by atoms with Gasteiger partial charge in [-0.1, -0.05) is 65.7 Å². The van der Waals surface area contributed by atoms with Crippen LogP contribution in [0.2, 0.25) is 0 Å². The van der Waals surface area contributed by atoms with Gasteiger partial charge in [0.05, 0.1) is 10.6 Å². The number of nitrogens with zero attached hydrogens (tertiary/aromatic N) is 1. The third-order valence-electron chi connectivity index (χ3n) is 4.80. The number of aryl methyl sites for hydroxylation is 6. The molecule has 138 valence electrons. The van der Waals surface area contributed by atoms with Crippen LogP contribution in [0.3, 0.4) is 0 Å². The third-order valence-corrected chi connectivity index (χ3v) is 5.70. The van der Waals surface area contributed by atoms with E-state index in [0.29, 0.717) is 0 Å². The van der Waals surface area contributed by atoms with Crippen LogP contribution in [0.4, 0.5) is 5.69 Å². The van der Waals surface area contributed by atoms with Crippen LogP contribution in [0, 0.1) is 41.5 Å². The van der Waals surface area contributed by atoms with Crippen molar-refractivity contribution < 1.29 is 0 Å². The highest BCUT2D eigenvalue weighted by molar-refractivity contribution is 7.70. The third kappa shape index (κ3) is 4.28. The Labute approximate surface area is 166 Å². The zero-order valence-electron chi connectivity index (χ0n) is 17.1. The van der Waals surface area contributed by atoms with Crippen LogP contribution in [0.15, 0.2) is 59.0 Å². The van der Waals surface area contributed by atoms with E-state index in [-0.39, 0.29) is 0 Å². The monoisotopic (exact) mass is 373 g/mol. The molecule has 0 radical (unpaired) electrons. The Morgan fingerprint density at radius 3 is 1.67 bits per heavy atom. The first-order chi connectivity index (χ1) is 12.9. The van der Waals surface area contributed by atoms with E-state index in [0.717, 1.165) is 5.69 Å². The minimum absolute atomic E-state index is 1.08. The summed E-state index contributed by atoms with van der Waals surface area (Å²) in [5.74, 6) is 0. The summed E-state index contributed by atoms with van der Waals surface area (Å²) in [4.78, 5) is 1.21. The second kappa shape index (κ2) is 8.06. The van der Waals surface area contributed by atoms with E-state index in [4.69, 9.17) is 4.36 Å². The van der Waals surface area contributed by atoms with E-state index < -0.39 is 0 Å². The summed E-state index contributed by atoms with van der Waals surface area (Å²) >= 11 is 1.59. The molecule has 0 aromatic heterocycles. The normalized spacial score (nSPS) is 10.6. The average Bonchev–Trinajstić information content (AvgIpc) is 2.59. The van der Waals surface area contributed by atoms with Crippen molar-refractivity contribution in [2.45, 2.75) is 41.5 Å². The Morgan fingerprint density at radius 2 is 1.15 bits per heavy atom. The maximum Gasteiger partial charge on any atom is 0.0818 e. The van der Waals surface area contributed by atoms with E-state index in [1.165, 1.54) is 49.4 Å². The second-order valence-corrected chi connectivity index (χ2v) is 8.17. The molecule has 2 heteroatoms. The van der Waals surface area contributed by atoms with Gasteiger partial charge in [-0.2, -0.15) is 4.36 Å². The number of rotatable bonds is 3. The van der Waals surface area contributed by atoms with Gasteiger partial charge in [0.15, 0.2) is 0 Å². The van der Waals surface area contributed by atoms with Gasteiger partial charge in [0.2, 0.25) is 0 Å². The molecule has 3 aromatic rings. The van der Waals surface area contributed by atoms with Crippen molar-refractivity contribution in [2.75, 3.05) is 0 Å². The van der Waals surface area contributed by atoms with Crippen LogP contribution < -0.4 is 0 Å². The molecule has 0 aliphatic rings. The van der Waals surface area contributed by atoms with Gasteiger partial charge in [-0.05, 0) is 86.1 Å². The van der Waals surface area contributed by atoms with Gasteiger partial charge in [0.1, 0.15) is 0 Å². The fraction of sp³-hybridized carbons (Fsp3) is 0.240. The minimum atomic E-state index is 1.08. The van der Waals surface area contributed by atoms with E-state index in [2.05, 4.69) is 96.1 Å². The molecule has 0 heterocycles. The predicted octanol–water partition coefficient (Wildman–Crippen LogP) is 6.70. The van der Waals surface area contributed by atoms with Gasteiger partial charge >= 0.3 is 0 Å². The largest absolute Gasteiger partial charge is 0.192 e. The molecular formula is C25H27NS. The summed E-state index contributed by atoms with van der Waals surface area (Å²) in [6.45, 7) is 13.0. The fourth-order valence-electron chi connectivity index (χ4n) is 3.78. The summed E-state index contributed by atoms with van der Waals surface area (Å²) in [7, 11) is 0. The van der Waals surface area contributed by atoms with Crippen molar-refractivity contribution in [3.05, 3.63) is 99.1 Å². The molecule has 27 heavy (non-hydrogen) atoms. The minimum Gasteiger partial charge on any atom is -0.192 e. The zero-order valence-corrected chi connectivity index (χ0v) is 17.9. The highest BCUT2D eigenvalue weighted by Crippen LogP contribution is 2.26. The van der Waals surface area contributed by atoms with Gasteiger partial charge in [-0.25, -0.2) is 0 Å². The second-order valence-electron chi connectivity index (χ2n) is 7.40. The van der Waals surface area contributed by atoms with Crippen LogP contribution in [0.1, 0.15) is 44.5 Å². The molecule has 0 bridgehead atoms. The van der Waals surface area contributed by atoms with Crippen molar-refractivity contribution in [1.29, 1.82) is 0 Å². The number of hydrogen-bond donors (Lipinski definition) is 0. The van der Waals surface area contributed by atoms with Crippen molar-refractivity contribution >= 4 is 21.7 Å². The molecule has 3 rings (SSSR count). The Bertz CT molecular complexity index is 1010. The van der Waals surface area contributed by atoms with Crippen LogP contribution in [-0.2, 0) is 11.1 Å². The Balaban J connectivity index is 2.29. The lowest BCUT2D eigenvalue weighted by molar-refractivity contribution is 1.30. The average molecular weight is 374 g/mol. The molecule has 3 aromatic carbocycles. The summed E-state index contributed by atoms with van der Waals surface area (Å²) in [5, 5.41) is 0. The highest BCUT2D eigenvalue weighted by Gasteiger charge is 2.12. The lowest BCUT2D eigenvalue weighted by atomic mass is 9.94. The van der Waals surface area contributed by atoms with Gasteiger partial charge in [0, 0.05) is 0 Å². The molecule has 1 nitrogen and oxygen atoms in total. The molecule has 0 amide bonds. The van der Waals surface area contributed by atoms with E-state index in [1.54, 1.807) is 11.1 Å². The van der Waals surface area contributed by atoms with Crippen molar-refractivity contribution in [3.8, 4) is 0 Å². The first kappa shape index (κ1) is 19.3. The van der Waals surface area contributed by atoms with Crippen LogP contribution in [0.25, 0.3) is 0 Å². The van der Waals surface area contributed by atoms with Crippen molar-refractivity contribution in [2.24, 2.45) is 4.36 Å². The Kier molecular flexibility index (Phi) is 5.76. The standard InChI is InChI=1S/C25H27NS/c1-16-12-18(3)23(19(4)13-16)25(22-10-8-7-9-11-22)27-26-24-20(5)14-17(2)15-21(24)6/h7-15H,1-6H3. The van der Waals surface area contributed by atoms with E-state index >= 15 is 0 Å². The Hall–Kier alpha value is -2.45. The lowest BCUT2D eigenvalue weighted by Gasteiger charge is -2.13. The quantitative estimate of drug-likeness (QED) is 0.358. The summed E-state index contributed by atoms with van der Waals surface area (Å²) in [5.41, 5.74) is 11.2. The number of benzene rings is 3. The van der Waals surface area contributed by atoms with Crippen LogP contribution in [-0.4, -0.2) is 4.86 Å². The molecule has 0 fully saturated rings. The lowest BCUT2D eigenvalue weighted by Crippen LogP contribution is -2.08. The maximum atomic E-state index is 4.98. The van der Waals surface area contributed by atoms with Crippen LogP contribution in [0.5, 0.6) is 0 Å². The van der Waals surface area contributed by atoms with Gasteiger partial charge < -0.3 is 0 Å². The van der Waals surface area contributed by atoms with Crippen molar-refractivity contribution in [3.63, 3.8) is 0 Å². The van der Waals surface area contributed by atoms with Gasteiger partial charge in [-0.15, -0.1) is 0 Å². The SMILES string of the molecule is Cc1cc(C)c(N=S=C(c2ccccc2)c2c(C)cc(C)cc2C)c(C)c1. The maximum absolute atomic E-state index is 4.98. The molecule has 0 unspecified atom stereocenters.